The van der Waals surface area contributed by atoms with Crippen molar-refractivity contribution in [1.82, 2.24) is 16.0 Å². The number of hydrogen-bond donors (Lipinski definition) is 3. The minimum Gasteiger partial charge on any atom is -0.351 e. The molecule has 0 aromatic heterocycles. The number of amides is 2. The fourth-order valence-electron chi connectivity index (χ4n) is 3.87. The number of hydrogen-bond acceptors (Lipinski definition) is 3. The monoisotopic (exact) mass is 347 g/mol. The molecule has 136 valence electrons. The first-order valence-corrected chi connectivity index (χ1v) is 9.06. The quantitative estimate of drug-likeness (QED) is 0.763. The largest absolute Gasteiger partial charge is 0.351 e. The van der Waals surface area contributed by atoms with E-state index in [0.717, 1.165) is 25.7 Å². The summed E-state index contributed by atoms with van der Waals surface area (Å²) in [5.74, 6) is -1.42. The van der Waals surface area contributed by atoms with Crippen molar-refractivity contribution in [2.45, 2.75) is 63.7 Å². The zero-order valence-corrected chi connectivity index (χ0v) is 14.7. The number of halogens is 1. The van der Waals surface area contributed by atoms with Crippen LogP contribution in [0.1, 0.15) is 49.9 Å². The molecule has 0 saturated carbocycles. The number of fused-ring (bicyclic) bond motifs is 2. The smallest absolute Gasteiger partial charge is 0.254 e. The van der Waals surface area contributed by atoms with E-state index in [1.807, 2.05) is 13.8 Å². The maximum atomic E-state index is 13.8. The second-order valence-electron chi connectivity index (χ2n) is 7.49. The Bertz CT molecular complexity index is 637. The Morgan fingerprint density at radius 1 is 1.16 bits per heavy atom. The van der Waals surface area contributed by atoms with Gasteiger partial charge in [0, 0.05) is 18.1 Å². The summed E-state index contributed by atoms with van der Waals surface area (Å²) in [6.45, 7) is 3.75. The van der Waals surface area contributed by atoms with Gasteiger partial charge in [0.15, 0.2) is 0 Å². The van der Waals surface area contributed by atoms with Crippen LogP contribution in [0.25, 0.3) is 0 Å². The summed E-state index contributed by atoms with van der Waals surface area (Å²) < 4.78 is 13.8. The minimum atomic E-state index is -0.681. The van der Waals surface area contributed by atoms with Gasteiger partial charge in [0.05, 0.1) is 5.56 Å². The third-order valence-electron chi connectivity index (χ3n) is 5.17. The van der Waals surface area contributed by atoms with Crippen molar-refractivity contribution in [3.8, 4) is 0 Å². The first-order valence-electron chi connectivity index (χ1n) is 9.06. The van der Waals surface area contributed by atoms with Gasteiger partial charge >= 0.3 is 0 Å². The summed E-state index contributed by atoms with van der Waals surface area (Å²) in [6, 6.07) is 6.22. The molecular formula is C19H26FN3O2. The van der Waals surface area contributed by atoms with E-state index in [-0.39, 0.29) is 23.4 Å². The van der Waals surface area contributed by atoms with E-state index in [1.165, 1.54) is 18.2 Å². The Morgan fingerprint density at radius 3 is 2.40 bits per heavy atom. The van der Waals surface area contributed by atoms with E-state index in [9.17, 15) is 14.0 Å². The molecule has 0 radical (unpaired) electrons. The third-order valence-corrected chi connectivity index (χ3v) is 5.17. The Morgan fingerprint density at radius 2 is 1.80 bits per heavy atom. The van der Waals surface area contributed by atoms with Gasteiger partial charge in [-0.05, 0) is 43.7 Å². The Hall–Kier alpha value is -1.95. The van der Waals surface area contributed by atoms with Gasteiger partial charge in [0.2, 0.25) is 5.91 Å². The molecule has 2 fully saturated rings. The fraction of sp³-hybridized carbons (Fsp3) is 0.579. The van der Waals surface area contributed by atoms with Crippen LogP contribution in [0, 0.1) is 11.7 Å². The Labute approximate surface area is 147 Å². The number of rotatable bonds is 5. The first-order chi connectivity index (χ1) is 11.9. The molecule has 3 atom stereocenters. The highest BCUT2D eigenvalue weighted by atomic mass is 19.1. The molecule has 1 aromatic carbocycles. The number of benzene rings is 1. The summed E-state index contributed by atoms with van der Waals surface area (Å²) >= 11 is 0. The van der Waals surface area contributed by atoms with Crippen molar-refractivity contribution in [2.24, 2.45) is 5.92 Å². The van der Waals surface area contributed by atoms with Gasteiger partial charge in [-0.15, -0.1) is 0 Å². The van der Waals surface area contributed by atoms with Crippen LogP contribution in [0.4, 0.5) is 4.39 Å². The van der Waals surface area contributed by atoms with Gasteiger partial charge in [-0.3, -0.25) is 9.59 Å². The summed E-state index contributed by atoms with van der Waals surface area (Å²) in [6.07, 6.45) is 4.17. The lowest BCUT2D eigenvalue weighted by Crippen LogP contribution is -2.55. The second kappa shape index (κ2) is 7.52. The average Bonchev–Trinajstić information content (AvgIpc) is 2.91. The first kappa shape index (κ1) is 17.9. The standard InChI is InChI=1S/C19H26FN3O2/c1-11(2)17(23-18(24)15-5-3-4-6-16(15)20)19(25)22-14-9-12-7-8-13(10-14)21-12/h3-6,11-14,17,21H,7-10H2,1-2H3,(H,22,25)(H,23,24). The highest BCUT2D eigenvalue weighted by Crippen LogP contribution is 2.26. The third kappa shape index (κ3) is 4.18. The van der Waals surface area contributed by atoms with Crippen molar-refractivity contribution >= 4 is 11.8 Å². The molecule has 25 heavy (non-hydrogen) atoms. The summed E-state index contributed by atoms with van der Waals surface area (Å²) in [5, 5.41) is 9.32. The molecule has 2 saturated heterocycles. The molecule has 3 unspecified atom stereocenters. The van der Waals surface area contributed by atoms with Crippen LogP contribution in [-0.4, -0.2) is 36.0 Å². The zero-order valence-electron chi connectivity index (χ0n) is 14.7. The van der Waals surface area contributed by atoms with Gasteiger partial charge in [0.25, 0.3) is 5.91 Å². The van der Waals surface area contributed by atoms with Gasteiger partial charge in [-0.25, -0.2) is 4.39 Å². The van der Waals surface area contributed by atoms with Gasteiger partial charge < -0.3 is 16.0 Å². The predicted octanol–water partition coefficient (Wildman–Crippen LogP) is 1.98. The van der Waals surface area contributed by atoms with E-state index in [4.69, 9.17) is 0 Å². The van der Waals surface area contributed by atoms with Crippen LogP contribution in [0.5, 0.6) is 0 Å². The molecule has 3 rings (SSSR count). The van der Waals surface area contributed by atoms with Gasteiger partial charge in [-0.1, -0.05) is 26.0 Å². The van der Waals surface area contributed by atoms with Crippen molar-refractivity contribution in [1.29, 1.82) is 0 Å². The summed E-state index contributed by atoms with van der Waals surface area (Å²) in [4.78, 5) is 25.0. The van der Waals surface area contributed by atoms with E-state index in [2.05, 4.69) is 16.0 Å². The number of carbonyl (C=O) groups excluding carboxylic acids is 2. The van der Waals surface area contributed by atoms with Crippen molar-refractivity contribution in [3.05, 3.63) is 35.6 Å². The lowest BCUT2D eigenvalue weighted by Gasteiger charge is -2.31. The van der Waals surface area contributed by atoms with E-state index < -0.39 is 17.8 Å². The topological polar surface area (TPSA) is 70.2 Å². The summed E-state index contributed by atoms with van der Waals surface area (Å²) in [5.41, 5.74) is -0.0409. The van der Waals surface area contributed by atoms with Crippen molar-refractivity contribution < 1.29 is 14.0 Å². The fourth-order valence-corrected chi connectivity index (χ4v) is 3.87. The molecule has 2 amide bonds. The van der Waals surface area contributed by atoms with Crippen LogP contribution in [0.15, 0.2) is 24.3 Å². The second-order valence-corrected chi connectivity index (χ2v) is 7.49. The Kier molecular flexibility index (Phi) is 5.37. The van der Waals surface area contributed by atoms with E-state index in [1.54, 1.807) is 6.07 Å². The molecule has 2 aliphatic heterocycles. The van der Waals surface area contributed by atoms with Gasteiger partial charge in [0.1, 0.15) is 11.9 Å². The molecule has 2 aliphatic rings. The SMILES string of the molecule is CC(C)C(NC(=O)c1ccccc1F)C(=O)NC1CC2CCC(C1)N2. The average molecular weight is 347 g/mol. The molecule has 0 spiro atoms. The zero-order chi connectivity index (χ0) is 18.0. The van der Waals surface area contributed by atoms with E-state index >= 15 is 0 Å². The maximum Gasteiger partial charge on any atom is 0.254 e. The lowest BCUT2D eigenvalue weighted by atomic mass is 9.97. The number of nitrogens with one attached hydrogen (secondary N) is 3. The molecule has 0 aliphatic carbocycles. The number of carbonyl (C=O) groups is 2. The van der Waals surface area contributed by atoms with Crippen LogP contribution >= 0.6 is 0 Å². The minimum absolute atomic E-state index is 0.0409. The highest BCUT2D eigenvalue weighted by Gasteiger charge is 2.35. The Balaban J connectivity index is 1.63. The summed E-state index contributed by atoms with van der Waals surface area (Å²) in [7, 11) is 0. The van der Waals surface area contributed by atoms with Crippen molar-refractivity contribution in [3.63, 3.8) is 0 Å². The predicted molar refractivity (Wildman–Crippen MR) is 93.6 cm³/mol. The van der Waals surface area contributed by atoms with Crippen LogP contribution in [-0.2, 0) is 4.79 Å². The van der Waals surface area contributed by atoms with Crippen molar-refractivity contribution in [2.75, 3.05) is 0 Å². The molecule has 2 heterocycles. The maximum absolute atomic E-state index is 13.8. The number of piperidine rings is 1. The van der Waals surface area contributed by atoms with Crippen LogP contribution < -0.4 is 16.0 Å². The van der Waals surface area contributed by atoms with E-state index in [0.29, 0.717) is 12.1 Å². The molecule has 3 N–H and O–H groups in total. The van der Waals surface area contributed by atoms with Crippen LogP contribution in [0.2, 0.25) is 0 Å². The normalized spacial score (nSPS) is 26.3. The molecular weight excluding hydrogens is 321 g/mol. The molecule has 6 heteroatoms. The molecule has 1 aromatic rings. The molecule has 2 bridgehead atoms. The van der Waals surface area contributed by atoms with Gasteiger partial charge in [-0.2, -0.15) is 0 Å². The highest BCUT2D eigenvalue weighted by molar-refractivity contribution is 5.97. The molecule has 5 nitrogen and oxygen atoms in total. The van der Waals surface area contributed by atoms with Crippen LogP contribution in [0.3, 0.4) is 0 Å². The lowest BCUT2D eigenvalue weighted by molar-refractivity contribution is -0.124.